The fourth-order valence-electron chi connectivity index (χ4n) is 2.99. The summed E-state index contributed by atoms with van der Waals surface area (Å²) in [6, 6.07) is 11.0. The zero-order chi connectivity index (χ0) is 17.0. The third kappa shape index (κ3) is 4.46. The molecule has 0 saturated carbocycles. The van der Waals surface area contributed by atoms with E-state index in [9.17, 15) is 0 Å². The molecule has 2 aromatic carbocycles. The minimum atomic E-state index is 0.292. The van der Waals surface area contributed by atoms with Crippen LogP contribution < -0.4 is 10.1 Å². The molecule has 0 spiro atoms. The van der Waals surface area contributed by atoms with Crippen molar-refractivity contribution in [3.05, 3.63) is 70.8 Å². The molecule has 2 heteroatoms. The van der Waals surface area contributed by atoms with Gasteiger partial charge in [-0.3, -0.25) is 0 Å². The van der Waals surface area contributed by atoms with Gasteiger partial charge < -0.3 is 10.1 Å². The smallest absolute Gasteiger partial charge is 0.133 e. The van der Waals surface area contributed by atoms with Crippen LogP contribution in [0.2, 0.25) is 0 Å². The number of hydrogen-bond acceptors (Lipinski definition) is 2. The molecule has 0 bridgehead atoms. The Morgan fingerprint density at radius 1 is 1.00 bits per heavy atom. The van der Waals surface area contributed by atoms with E-state index in [-0.39, 0.29) is 0 Å². The average Bonchev–Trinajstić information content (AvgIpc) is 2.47. The molecule has 1 N–H and O–H groups in total. The minimum absolute atomic E-state index is 0.292. The molecule has 0 fully saturated rings. The maximum absolute atomic E-state index is 6.18. The maximum atomic E-state index is 6.18. The van der Waals surface area contributed by atoms with Gasteiger partial charge in [-0.1, -0.05) is 24.3 Å². The Balaban J connectivity index is 2.28. The van der Waals surface area contributed by atoms with Crippen molar-refractivity contribution < 1.29 is 4.74 Å². The van der Waals surface area contributed by atoms with E-state index in [1.165, 1.54) is 16.7 Å². The van der Waals surface area contributed by atoms with Crippen LogP contribution in [0.5, 0.6) is 11.5 Å². The Hall–Kier alpha value is -2.06. The van der Waals surface area contributed by atoms with Gasteiger partial charge in [0.05, 0.1) is 0 Å². The lowest BCUT2D eigenvalue weighted by Gasteiger charge is -2.17. The summed E-state index contributed by atoms with van der Waals surface area (Å²) in [4.78, 5) is 0. The van der Waals surface area contributed by atoms with E-state index in [4.69, 9.17) is 4.74 Å². The van der Waals surface area contributed by atoms with E-state index in [0.717, 1.165) is 29.0 Å². The van der Waals surface area contributed by atoms with Gasteiger partial charge in [0, 0.05) is 6.04 Å². The van der Waals surface area contributed by atoms with E-state index in [2.05, 4.69) is 69.9 Å². The Labute approximate surface area is 140 Å². The Bertz CT molecular complexity index is 660. The van der Waals surface area contributed by atoms with Crippen molar-refractivity contribution in [3.8, 4) is 11.5 Å². The fraction of sp³-hybridized carbons (Fsp3) is 0.333. The highest BCUT2D eigenvalue weighted by Gasteiger charge is 2.10. The molecule has 2 nitrogen and oxygen atoms in total. The van der Waals surface area contributed by atoms with Gasteiger partial charge in [-0.2, -0.15) is 0 Å². The minimum Gasteiger partial charge on any atom is -0.457 e. The third-order valence-corrected chi connectivity index (χ3v) is 4.05. The number of nitrogens with one attached hydrogen (secondary N) is 1. The highest BCUT2D eigenvalue weighted by molar-refractivity contribution is 5.47. The molecule has 0 aliphatic carbocycles. The summed E-state index contributed by atoms with van der Waals surface area (Å²) < 4.78 is 6.18. The summed E-state index contributed by atoms with van der Waals surface area (Å²) in [6.07, 6.45) is 2.89. The van der Waals surface area contributed by atoms with Crippen molar-refractivity contribution in [1.29, 1.82) is 0 Å². The summed E-state index contributed by atoms with van der Waals surface area (Å²) in [5.74, 6) is 1.86. The quantitative estimate of drug-likeness (QED) is 0.756. The van der Waals surface area contributed by atoms with Crippen LogP contribution in [-0.4, -0.2) is 13.1 Å². The fourth-order valence-corrected chi connectivity index (χ4v) is 2.99. The Morgan fingerprint density at radius 3 is 2.04 bits per heavy atom. The molecule has 1 unspecified atom stereocenters. The number of benzene rings is 2. The molecule has 122 valence electrons. The van der Waals surface area contributed by atoms with Crippen LogP contribution in [0.4, 0.5) is 0 Å². The molecular formula is C21H27NO. The van der Waals surface area contributed by atoms with Crippen LogP contribution in [0.25, 0.3) is 0 Å². The topological polar surface area (TPSA) is 21.3 Å². The second-order valence-corrected chi connectivity index (χ2v) is 6.32. The highest BCUT2D eigenvalue weighted by atomic mass is 16.5. The average molecular weight is 309 g/mol. The summed E-state index contributed by atoms with van der Waals surface area (Å²) in [5.41, 5.74) is 6.06. The second kappa shape index (κ2) is 7.47. The molecule has 0 radical (unpaired) electrons. The van der Waals surface area contributed by atoms with Crippen LogP contribution in [0, 0.1) is 27.7 Å². The number of aryl methyl sites for hydroxylation is 4. The standard InChI is InChI=1S/C21H27NO/c1-7-19(22-6)13-18-11-16(4)21(17(5)12-18)23-20-9-14(2)8-15(3)10-20/h7-12,19,22H,1,13H2,2-6H3. The number of hydrogen-bond donors (Lipinski definition) is 1. The van der Waals surface area contributed by atoms with E-state index in [1.54, 1.807) is 0 Å². The van der Waals surface area contributed by atoms with Gasteiger partial charge in [0.25, 0.3) is 0 Å². The molecular weight excluding hydrogens is 282 g/mol. The summed E-state index contributed by atoms with van der Waals surface area (Å²) in [7, 11) is 1.96. The zero-order valence-electron chi connectivity index (χ0n) is 14.9. The number of ether oxygens (including phenoxy) is 1. The third-order valence-electron chi connectivity index (χ3n) is 4.05. The van der Waals surface area contributed by atoms with Gasteiger partial charge in [-0.25, -0.2) is 0 Å². The van der Waals surface area contributed by atoms with Gasteiger partial charge in [-0.05, 0) is 81.1 Å². The summed E-state index contributed by atoms with van der Waals surface area (Å²) in [5, 5.41) is 3.26. The van der Waals surface area contributed by atoms with Crippen molar-refractivity contribution in [2.45, 2.75) is 40.2 Å². The van der Waals surface area contributed by atoms with Crippen molar-refractivity contribution in [2.75, 3.05) is 7.05 Å². The van der Waals surface area contributed by atoms with E-state index >= 15 is 0 Å². The normalized spacial score (nSPS) is 12.0. The first-order valence-electron chi connectivity index (χ1n) is 8.09. The lowest BCUT2D eigenvalue weighted by molar-refractivity contribution is 0.474. The molecule has 1 atom stereocenters. The van der Waals surface area contributed by atoms with Gasteiger partial charge >= 0.3 is 0 Å². The van der Waals surface area contributed by atoms with Gasteiger partial charge in [0.2, 0.25) is 0 Å². The van der Waals surface area contributed by atoms with E-state index < -0.39 is 0 Å². The molecule has 0 saturated heterocycles. The molecule has 0 amide bonds. The molecule has 0 aromatic heterocycles. The van der Waals surface area contributed by atoms with Crippen LogP contribution in [0.1, 0.15) is 27.8 Å². The SMILES string of the molecule is C=CC(Cc1cc(C)c(Oc2cc(C)cc(C)c2)c(C)c1)NC. The number of rotatable bonds is 6. The Morgan fingerprint density at radius 2 is 1.57 bits per heavy atom. The monoisotopic (exact) mass is 309 g/mol. The molecule has 0 aliphatic rings. The van der Waals surface area contributed by atoms with Crippen molar-refractivity contribution in [3.63, 3.8) is 0 Å². The molecule has 23 heavy (non-hydrogen) atoms. The van der Waals surface area contributed by atoms with E-state index in [1.807, 2.05) is 13.1 Å². The number of likely N-dealkylation sites (N-methyl/N-ethyl adjacent to an activating group) is 1. The summed E-state index contributed by atoms with van der Waals surface area (Å²) in [6.45, 7) is 12.3. The summed E-state index contributed by atoms with van der Waals surface area (Å²) >= 11 is 0. The second-order valence-electron chi connectivity index (χ2n) is 6.32. The van der Waals surface area contributed by atoms with E-state index in [0.29, 0.717) is 6.04 Å². The molecule has 2 rings (SSSR count). The van der Waals surface area contributed by atoms with Gasteiger partial charge in [0.15, 0.2) is 0 Å². The van der Waals surface area contributed by atoms with Crippen molar-refractivity contribution >= 4 is 0 Å². The van der Waals surface area contributed by atoms with Crippen molar-refractivity contribution in [2.24, 2.45) is 0 Å². The first kappa shape index (κ1) is 17.3. The predicted octanol–water partition coefficient (Wildman–Crippen LogP) is 5.03. The molecule has 0 heterocycles. The van der Waals surface area contributed by atoms with Crippen LogP contribution in [-0.2, 0) is 6.42 Å². The highest BCUT2D eigenvalue weighted by Crippen LogP contribution is 2.31. The molecule has 2 aromatic rings. The molecule has 0 aliphatic heterocycles. The van der Waals surface area contributed by atoms with Gasteiger partial charge in [0.1, 0.15) is 11.5 Å². The first-order chi connectivity index (χ1) is 10.9. The zero-order valence-corrected chi connectivity index (χ0v) is 14.9. The first-order valence-corrected chi connectivity index (χ1v) is 8.09. The largest absolute Gasteiger partial charge is 0.457 e. The lowest BCUT2D eigenvalue weighted by Crippen LogP contribution is -2.24. The van der Waals surface area contributed by atoms with Gasteiger partial charge in [-0.15, -0.1) is 6.58 Å². The van der Waals surface area contributed by atoms with Crippen molar-refractivity contribution in [1.82, 2.24) is 5.32 Å². The van der Waals surface area contributed by atoms with Crippen LogP contribution in [0.15, 0.2) is 43.0 Å². The maximum Gasteiger partial charge on any atom is 0.133 e. The van der Waals surface area contributed by atoms with Crippen LogP contribution in [0.3, 0.4) is 0 Å². The Kier molecular flexibility index (Phi) is 5.62. The van der Waals surface area contributed by atoms with Crippen LogP contribution >= 0.6 is 0 Å². The lowest BCUT2D eigenvalue weighted by atomic mass is 10.00. The predicted molar refractivity (Wildman–Crippen MR) is 98.7 cm³/mol.